The summed E-state index contributed by atoms with van der Waals surface area (Å²) >= 11 is 0. The van der Waals surface area contributed by atoms with E-state index in [9.17, 15) is 4.79 Å². The highest BCUT2D eigenvalue weighted by Crippen LogP contribution is 2.17. The molecule has 0 bridgehead atoms. The van der Waals surface area contributed by atoms with Crippen molar-refractivity contribution in [3.63, 3.8) is 0 Å². The van der Waals surface area contributed by atoms with Crippen molar-refractivity contribution >= 4 is 17.3 Å². The predicted molar refractivity (Wildman–Crippen MR) is 81.2 cm³/mol. The summed E-state index contributed by atoms with van der Waals surface area (Å²) in [6, 6.07) is 7.54. The molecular formula is C15H22N4O. The SMILES string of the molecule is CCN(CCC#N)CCC(=O)Nc1ccc(N)cc1C. The molecule has 108 valence electrons. The second-order valence-corrected chi connectivity index (χ2v) is 4.71. The molecule has 0 heterocycles. The molecule has 1 aromatic rings. The Balaban J connectivity index is 2.45. The van der Waals surface area contributed by atoms with Crippen LogP contribution in [0, 0.1) is 18.3 Å². The van der Waals surface area contributed by atoms with Crippen LogP contribution in [0.2, 0.25) is 0 Å². The number of nitriles is 1. The molecule has 0 atom stereocenters. The van der Waals surface area contributed by atoms with E-state index in [0.717, 1.165) is 17.8 Å². The minimum absolute atomic E-state index is 0.0201. The molecule has 1 rings (SSSR count). The quantitative estimate of drug-likeness (QED) is 0.746. The second kappa shape index (κ2) is 8.18. The molecular weight excluding hydrogens is 252 g/mol. The van der Waals surface area contributed by atoms with E-state index in [2.05, 4.69) is 16.3 Å². The molecule has 3 N–H and O–H groups in total. The van der Waals surface area contributed by atoms with Gasteiger partial charge in [-0.3, -0.25) is 4.79 Å². The summed E-state index contributed by atoms with van der Waals surface area (Å²) in [6.07, 6.45) is 0.912. The van der Waals surface area contributed by atoms with Gasteiger partial charge in [0.15, 0.2) is 0 Å². The number of rotatable bonds is 7. The van der Waals surface area contributed by atoms with E-state index in [1.54, 1.807) is 6.07 Å². The summed E-state index contributed by atoms with van der Waals surface area (Å²) in [6.45, 7) is 6.16. The summed E-state index contributed by atoms with van der Waals surface area (Å²) < 4.78 is 0. The molecule has 0 saturated heterocycles. The first kappa shape index (κ1) is 16.0. The Morgan fingerprint density at radius 1 is 1.45 bits per heavy atom. The molecule has 5 nitrogen and oxygen atoms in total. The fourth-order valence-electron chi connectivity index (χ4n) is 1.94. The van der Waals surface area contributed by atoms with Crippen LogP contribution in [-0.2, 0) is 4.79 Å². The Morgan fingerprint density at radius 2 is 2.20 bits per heavy atom. The molecule has 0 fully saturated rings. The van der Waals surface area contributed by atoms with Gasteiger partial charge in [-0.2, -0.15) is 5.26 Å². The lowest BCUT2D eigenvalue weighted by Crippen LogP contribution is -2.28. The minimum atomic E-state index is -0.0201. The Labute approximate surface area is 120 Å². The summed E-state index contributed by atoms with van der Waals surface area (Å²) in [5.41, 5.74) is 8.11. The van der Waals surface area contributed by atoms with Crippen LogP contribution >= 0.6 is 0 Å². The van der Waals surface area contributed by atoms with Crippen molar-refractivity contribution in [2.45, 2.75) is 26.7 Å². The Morgan fingerprint density at radius 3 is 2.80 bits per heavy atom. The Bertz CT molecular complexity index is 493. The summed E-state index contributed by atoms with van der Waals surface area (Å²) in [7, 11) is 0. The molecule has 0 unspecified atom stereocenters. The van der Waals surface area contributed by atoms with Crippen molar-refractivity contribution < 1.29 is 4.79 Å². The number of carbonyl (C=O) groups excluding carboxylic acids is 1. The van der Waals surface area contributed by atoms with Crippen molar-refractivity contribution in [3.05, 3.63) is 23.8 Å². The Kier molecular flexibility index (Phi) is 6.54. The van der Waals surface area contributed by atoms with Crippen LogP contribution < -0.4 is 11.1 Å². The molecule has 0 aromatic heterocycles. The number of amides is 1. The normalized spacial score (nSPS) is 10.3. The zero-order valence-corrected chi connectivity index (χ0v) is 12.1. The molecule has 0 saturated carbocycles. The molecule has 5 heteroatoms. The van der Waals surface area contributed by atoms with Gasteiger partial charge in [0.25, 0.3) is 0 Å². The van der Waals surface area contributed by atoms with E-state index < -0.39 is 0 Å². The number of nitrogens with zero attached hydrogens (tertiary/aromatic N) is 2. The molecule has 0 spiro atoms. The third-order valence-electron chi connectivity index (χ3n) is 3.17. The number of hydrogen-bond acceptors (Lipinski definition) is 4. The van der Waals surface area contributed by atoms with Gasteiger partial charge >= 0.3 is 0 Å². The third-order valence-corrected chi connectivity index (χ3v) is 3.17. The van der Waals surface area contributed by atoms with E-state index in [1.165, 1.54) is 0 Å². The number of nitrogens with two attached hydrogens (primary N) is 1. The molecule has 0 aliphatic carbocycles. The first-order valence-corrected chi connectivity index (χ1v) is 6.82. The lowest BCUT2D eigenvalue weighted by Gasteiger charge is -2.18. The summed E-state index contributed by atoms with van der Waals surface area (Å²) in [5, 5.41) is 11.5. The van der Waals surface area contributed by atoms with E-state index in [4.69, 9.17) is 11.0 Å². The van der Waals surface area contributed by atoms with Crippen molar-refractivity contribution in [2.24, 2.45) is 0 Å². The van der Waals surface area contributed by atoms with E-state index in [0.29, 0.717) is 31.6 Å². The highest BCUT2D eigenvalue weighted by atomic mass is 16.1. The molecule has 0 aliphatic rings. The maximum absolute atomic E-state index is 11.9. The van der Waals surface area contributed by atoms with Gasteiger partial charge in [-0.25, -0.2) is 0 Å². The molecule has 1 aromatic carbocycles. The molecule has 0 aliphatic heterocycles. The van der Waals surface area contributed by atoms with Gasteiger partial charge in [0.2, 0.25) is 5.91 Å². The molecule has 20 heavy (non-hydrogen) atoms. The number of hydrogen-bond donors (Lipinski definition) is 2. The smallest absolute Gasteiger partial charge is 0.225 e. The van der Waals surface area contributed by atoms with Crippen molar-refractivity contribution in [2.75, 3.05) is 30.7 Å². The minimum Gasteiger partial charge on any atom is -0.399 e. The lowest BCUT2D eigenvalue weighted by atomic mass is 10.1. The number of carbonyl (C=O) groups is 1. The first-order valence-electron chi connectivity index (χ1n) is 6.82. The van der Waals surface area contributed by atoms with Gasteiger partial charge in [-0.05, 0) is 37.2 Å². The summed E-state index contributed by atoms with van der Waals surface area (Å²) in [5.74, 6) is -0.0201. The maximum atomic E-state index is 11.9. The number of aryl methyl sites for hydroxylation is 1. The van der Waals surface area contributed by atoms with Gasteiger partial charge < -0.3 is 16.0 Å². The fraction of sp³-hybridized carbons (Fsp3) is 0.467. The van der Waals surface area contributed by atoms with Crippen molar-refractivity contribution in [1.82, 2.24) is 4.90 Å². The Hall–Kier alpha value is -2.06. The average molecular weight is 274 g/mol. The van der Waals surface area contributed by atoms with E-state index in [-0.39, 0.29) is 5.91 Å². The first-order chi connectivity index (χ1) is 9.56. The van der Waals surface area contributed by atoms with Gasteiger partial charge in [0.05, 0.1) is 6.07 Å². The van der Waals surface area contributed by atoms with Crippen LogP contribution in [0.25, 0.3) is 0 Å². The number of nitrogen functional groups attached to an aromatic ring is 1. The van der Waals surface area contributed by atoms with Crippen LogP contribution in [0.1, 0.15) is 25.3 Å². The topological polar surface area (TPSA) is 82.2 Å². The average Bonchev–Trinajstić information content (AvgIpc) is 2.42. The van der Waals surface area contributed by atoms with Crippen LogP contribution in [0.3, 0.4) is 0 Å². The number of nitrogens with one attached hydrogen (secondary N) is 1. The molecule has 0 radical (unpaired) electrons. The molecule has 1 amide bonds. The van der Waals surface area contributed by atoms with E-state index in [1.807, 2.05) is 26.0 Å². The van der Waals surface area contributed by atoms with Crippen LogP contribution in [0.5, 0.6) is 0 Å². The van der Waals surface area contributed by atoms with Crippen LogP contribution in [0.4, 0.5) is 11.4 Å². The standard InChI is InChI=1S/C15H22N4O/c1-3-19(9-4-8-16)10-7-15(20)18-14-6-5-13(17)11-12(14)2/h5-6,11H,3-4,7,9-10,17H2,1-2H3,(H,18,20). The maximum Gasteiger partial charge on any atom is 0.225 e. The van der Waals surface area contributed by atoms with Gasteiger partial charge in [0, 0.05) is 37.3 Å². The van der Waals surface area contributed by atoms with E-state index >= 15 is 0 Å². The zero-order valence-electron chi connectivity index (χ0n) is 12.1. The summed E-state index contributed by atoms with van der Waals surface area (Å²) in [4.78, 5) is 14.0. The highest BCUT2D eigenvalue weighted by molar-refractivity contribution is 5.91. The largest absolute Gasteiger partial charge is 0.399 e. The third kappa shape index (κ3) is 5.29. The van der Waals surface area contributed by atoms with Gasteiger partial charge in [0.1, 0.15) is 0 Å². The lowest BCUT2D eigenvalue weighted by molar-refractivity contribution is -0.116. The van der Waals surface area contributed by atoms with Gasteiger partial charge in [-0.15, -0.1) is 0 Å². The zero-order chi connectivity index (χ0) is 15.0. The number of benzene rings is 1. The van der Waals surface area contributed by atoms with Gasteiger partial charge in [-0.1, -0.05) is 6.92 Å². The monoisotopic (exact) mass is 274 g/mol. The van der Waals surface area contributed by atoms with Crippen molar-refractivity contribution in [1.29, 1.82) is 5.26 Å². The number of anilines is 2. The van der Waals surface area contributed by atoms with Crippen LogP contribution in [-0.4, -0.2) is 30.4 Å². The second-order valence-electron chi connectivity index (χ2n) is 4.71. The fourth-order valence-corrected chi connectivity index (χ4v) is 1.94. The highest BCUT2D eigenvalue weighted by Gasteiger charge is 2.08. The van der Waals surface area contributed by atoms with Crippen molar-refractivity contribution in [3.8, 4) is 6.07 Å². The predicted octanol–water partition coefficient (Wildman–Crippen LogP) is 2.14. The van der Waals surface area contributed by atoms with Crippen LogP contribution in [0.15, 0.2) is 18.2 Å².